The zero-order valence-corrected chi connectivity index (χ0v) is 11.1. The number of nitrogens with zero attached hydrogens (tertiary/aromatic N) is 2. The standard InChI is InChI=1S/C10H14N3O6P/c11-7-1-3-13(10(15)12-7)9-8(14)6(5-19-9)2-4-20(16,17)18/h1-4,6,8-9,14H,5H2,(H2,11,12,15)(H2,16,17,18)/b4-2+/t6-,8+,9+/m0/s1. The van der Waals surface area contributed by atoms with E-state index in [-0.39, 0.29) is 12.4 Å². The number of hydrogen-bond donors (Lipinski definition) is 4. The first kappa shape index (κ1) is 14.9. The number of rotatable bonds is 3. The van der Waals surface area contributed by atoms with E-state index >= 15 is 0 Å². The van der Waals surface area contributed by atoms with E-state index < -0.39 is 31.5 Å². The Labute approximate surface area is 113 Å². The van der Waals surface area contributed by atoms with E-state index in [1.165, 1.54) is 18.3 Å². The summed E-state index contributed by atoms with van der Waals surface area (Å²) in [6, 6.07) is 1.39. The van der Waals surface area contributed by atoms with Crippen LogP contribution in [0.25, 0.3) is 0 Å². The third-order valence-corrected chi connectivity index (χ3v) is 3.40. The highest BCUT2D eigenvalue weighted by Crippen LogP contribution is 2.38. The lowest BCUT2D eigenvalue weighted by molar-refractivity contribution is -0.0132. The van der Waals surface area contributed by atoms with Crippen LogP contribution in [0, 0.1) is 5.92 Å². The predicted octanol–water partition coefficient (Wildman–Crippen LogP) is -0.977. The third kappa shape index (κ3) is 3.33. The number of ether oxygens (including phenoxy) is 1. The molecule has 110 valence electrons. The molecule has 0 saturated carbocycles. The summed E-state index contributed by atoms with van der Waals surface area (Å²) in [6.07, 6.45) is 0.428. The Bertz CT molecular complexity index is 624. The van der Waals surface area contributed by atoms with Gasteiger partial charge in [-0.15, -0.1) is 0 Å². The average Bonchev–Trinajstić information content (AvgIpc) is 2.67. The fraction of sp³-hybridized carbons (Fsp3) is 0.400. The van der Waals surface area contributed by atoms with Crippen LogP contribution in [-0.4, -0.2) is 37.2 Å². The minimum Gasteiger partial charge on any atom is -0.388 e. The van der Waals surface area contributed by atoms with Crippen LogP contribution in [0.2, 0.25) is 0 Å². The number of anilines is 1. The molecule has 1 aromatic heterocycles. The van der Waals surface area contributed by atoms with Gasteiger partial charge in [0.15, 0.2) is 6.23 Å². The molecule has 3 atom stereocenters. The van der Waals surface area contributed by atoms with Crippen molar-refractivity contribution in [2.24, 2.45) is 5.92 Å². The van der Waals surface area contributed by atoms with Gasteiger partial charge in [0.1, 0.15) is 11.9 Å². The van der Waals surface area contributed by atoms with Crippen LogP contribution in [0.15, 0.2) is 29.0 Å². The largest absolute Gasteiger partial charge is 0.388 e. The molecule has 10 heteroatoms. The molecule has 0 radical (unpaired) electrons. The van der Waals surface area contributed by atoms with E-state index in [0.717, 1.165) is 4.57 Å². The van der Waals surface area contributed by atoms with Crippen molar-refractivity contribution in [2.75, 3.05) is 12.3 Å². The second-order valence-corrected chi connectivity index (χ2v) is 5.83. The van der Waals surface area contributed by atoms with Crippen molar-refractivity contribution < 1.29 is 24.2 Å². The molecule has 0 aliphatic carbocycles. The lowest BCUT2D eigenvalue weighted by Crippen LogP contribution is -2.33. The van der Waals surface area contributed by atoms with Crippen molar-refractivity contribution >= 4 is 13.4 Å². The maximum Gasteiger partial charge on any atom is 0.351 e. The molecule has 20 heavy (non-hydrogen) atoms. The minimum atomic E-state index is -4.30. The summed E-state index contributed by atoms with van der Waals surface area (Å²) in [5, 5.41) is 10.0. The molecule has 1 aliphatic rings. The molecule has 0 unspecified atom stereocenters. The Hall–Kier alpha value is -1.51. The number of hydrogen-bond acceptors (Lipinski definition) is 6. The smallest absolute Gasteiger partial charge is 0.351 e. The fourth-order valence-electron chi connectivity index (χ4n) is 1.87. The van der Waals surface area contributed by atoms with Crippen molar-refractivity contribution in [1.29, 1.82) is 0 Å². The molecule has 0 aromatic carbocycles. The van der Waals surface area contributed by atoms with Gasteiger partial charge in [-0.05, 0) is 6.07 Å². The van der Waals surface area contributed by atoms with Gasteiger partial charge in [-0.1, -0.05) is 6.08 Å². The summed E-state index contributed by atoms with van der Waals surface area (Å²) < 4.78 is 17.1. The lowest BCUT2D eigenvalue weighted by Gasteiger charge is -2.17. The van der Waals surface area contributed by atoms with Crippen LogP contribution in [0.3, 0.4) is 0 Å². The molecule has 1 fully saturated rings. The van der Waals surface area contributed by atoms with E-state index in [1.807, 2.05) is 0 Å². The Morgan fingerprint density at radius 3 is 2.85 bits per heavy atom. The van der Waals surface area contributed by atoms with Gasteiger partial charge < -0.3 is 25.4 Å². The second-order valence-electron chi connectivity index (χ2n) is 4.35. The molecule has 9 nitrogen and oxygen atoms in total. The third-order valence-electron chi connectivity index (χ3n) is 2.84. The van der Waals surface area contributed by atoms with Gasteiger partial charge in [0.2, 0.25) is 0 Å². The predicted molar refractivity (Wildman–Crippen MR) is 68.6 cm³/mol. The molecule has 0 bridgehead atoms. The van der Waals surface area contributed by atoms with E-state index in [0.29, 0.717) is 5.82 Å². The first-order valence-corrected chi connectivity index (χ1v) is 7.35. The summed E-state index contributed by atoms with van der Waals surface area (Å²) in [7, 11) is -4.30. The molecular weight excluding hydrogens is 289 g/mol. The van der Waals surface area contributed by atoms with Crippen LogP contribution in [0.4, 0.5) is 5.82 Å². The lowest BCUT2D eigenvalue weighted by atomic mass is 10.1. The van der Waals surface area contributed by atoms with Gasteiger partial charge in [0, 0.05) is 17.9 Å². The summed E-state index contributed by atoms with van der Waals surface area (Å²) >= 11 is 0. The van der Waals surface area contributed by atoms with Gasteiger partial charge in [-0.25, -0.2) is 4.79 Å². The monoisotopic (exact) mass is 303 g/mol. The molecule has 0 spiro atoms. The van der Waals surface area contributed by atoms with Gasteiger partial charge in [-0.2, -0.15) is 4.98 Å². The highest BCUT2D eigenvalue weighted by Gasteiger charge is 2.36. The first-order valence-electron chi connectivity index (χ1n) is 5.67. The maximum atomic E-state index is 11.6. The molecule has 1 saturated heterocycles. The molecule has 5 N–H and O–H groups in total. The zero-order chi connectivity index (χ0) is 14.9. The van der Waals surface area contributed by atoms with Gasteiger partial charge >= 0.3 is 13.3 Å². The molecule has 1 aliphatic heterocycles. The van der Waals surface area contributed by atoms with Gasteiger partial charge in [0.05, 0.1) is 6.61 Å². The Morgan fingerprint density at radius 1 is 1.55 bits per heavy atom. The van der Waals surface area contributed by atoms with Crippen molar-refractivity contribution in [3.05, 3.63) is 34.6 Å². The van der Waals surface area contributed by atoms with Crippen molar-refractivity contribution in [1.82, 2.24) is 9.55 Å². The minimum absolute atomic E-state index is 0.0269. The van der Waals surface area contributed by atoms with Crippen LogP contribution in [0.5, 0.6) is 0 Å². The highest BCUT2D eigenvalue weighted by atomic mass is 31.2. The van der Waals surface area contributed by atoms with Crippen molar-refractivity contribution in [3.8, 4) is 0 Å². The zero-order valence-electron chi connectivity index (χ0n) is 10.2. The average molecular weight is 303 g/mol. The molecule has 1 aromatic rings. The van der Waals surface area contributed by atoms with E-state index in [2.05, 4.69) is 4.98 Å². The Balaban J connectivity index is 2.19. The number of aromatic nitrogens is 2. The second kappa shape index (κ2) is 5.47. The number of aliphatic hydroxyl groups is 1. The quantitative estimate of drug-likeness (QED) is 0.521. The number of nitrogens with two attached hydrogens (primary N) is 1. The molecular formula is C10H14N3O6P. The number of aliphatic hydroxyl groups excluding tert-OH is 1. The Morgan fingerprint density at radius 2 is 2.25 bits per heavy atom. The SMILES string of the molecule is Nc1ccn([C@@H]2OC[C@H](/C=C/P(=O)(O)O)[C@H]2O)c(=O)n1. The topological polar surface area (TPSA) is 148 Å². The van der Waals surface area contributed by atoms with Crippen LogP contribution in [-0.2, 0) is 9.30 Å². The summed E-state index contributed by atoms with van der Waals surface area (Å²) in [5.41, 5.74) is 4.69. The molecule has 2 rings (SSSR count). The van der Waals surface area contributed by atoms with Crippen molar-refractivity contribution in [3.63, 3.8) is 0 Å². The van der Waals surface area contributed by atoms with Gasteiger partial charge in [0.25, 0.3) is 0 Å². The Kier molecular flexibility index (Phi) is 4.07. The van der Waals surface area contributed by atoms with Crippen LogP contribution < -0.4 is 11.4 Å². The highest BCUT2D eigenvalue weighted by molar-refractivity contribution is 7.55. The van der Waals surface area contributed by atoms with E-state index in [1.54, 1.807) is 0 Å². The number of nitrogen functional groups attached to an aromatic ring is 1. The summed E-state index contributed by atoms with van der Waals surface area (Å²) in [4.78, 5) is 32.6. The maximum absolute atomic E-state index is 11.6. The molecule has 0 amide bonds. The summed E-state index contributed by atoms with van der Waals surface area (Å²) in [6.45, 7) is 0.0269. The van der Waals surface area contributed by atoms with Crippen LogP contribution in [0.1, 0.15) is 6.23 Å². The van der Waals surface area contributed by atoms with E-state index in [4.69, 9.17) is 20.3 Å². The molecule has 2 heterocycles. The first-order chi connectivity index (χ1) is 9.28. The fourth-order valence-corrected chi connectivity index (χ4v) is 2.32. The van der Waals surface area contributed by atoms with E-state index in [9.17, 15) is 14.5 Å². The van der Waals surface area contributed by atoms with Crippen molar-refractivity contribution in [2.45, 2.75) is 12.3 Å². The van der Waals surface area contributed by atoms with Gasteiger partial charge in [-0.3, -0.25) is 9.13 Å². The van der Waals surface area contributed by atoms with Crippen LogP contribution >= 0.6 is 7.60 Å². The normalized spacial score (nSPS) is 27.2. The summed E-state index contributed by atoms with van der Waals surface area (Å²) in [5.74, 6) is 0.130.